The van der Waals surface area contributed by atoms with E-state index in [-0.39, 0.29) is 11.1 Å². The van der Waals surface area contributed by atoms with Crippen LogP contribution in [0.4, 0.5) is 5.69 Å². The van der Waals surface area contributed by atoms with Crippen LogP contribution >= 0.6 is 23.2 Å². The lowest BCUT2D eigenvalue weighted by Crippen LogP contribution is -2.12. The van der Waals surface area contributed by atoms with Crippen LogP contribution in [0.15, 0.2) is 66.9 Å². The van der Waals surface area contributed by atoms with Crippen molar-refractivity contribution in [3.63, 3.8) is 0 Å². The van der Waals surface area contributed by atoms with E-state index in [2.05, 4.69) is 10.3 Å². The number of amides is 1. The maximum atomic E-state index is 12.2. The maximum absolute atomic E-state index is 12.2. The van der Waals surface area contributed by atoms with Crippen molar-refractivity contribution < 1.29 is 9.53 Å². The Kier molecular flexibility index (Phi) is 5.53. The molecule has 0 aliphatic heterocycles. The lowest BCUT2D eigenvalue weighted by molar-refractivity contribution is 0.102. The van der Waals surface area contributed by atoms with Crippen LogP contribution in [0.5, 0.6) is 5.75 Å². The molecular formula is C19H14Cl2N2O2. The van der Waals surface area contributed by atoms with Gasteiger partial charge in [0.15, 0.2) is 5.15 Å². The third kappa shape index (κ3) is 4.50. The van der Waals surface area contributed by atoms with Crippen LogP contribution in [0.25, 0.3) is 0 Å². The van der Waals surface area contributed by atoms with E-state index in [0.717, 1.165) is 5.56 Å². The van der Waals surface area contributed by atoms with Gasteiger partial charge in [-0.15, -0.1) is 0 Å². The Morgan fingerprint density at radius 2 is 1.76 bits per heavy atom. The smallest absolute Gasteiger partial charge is 0.255 e. The van der Waals surface area contributed by atoms with Gasteiger partial charge in [0.25, 0.3) is 5.91 Å². The third-order valence-electron chi connectivity index (χ3n) is 3.48. The molecule has 0 aliphatic carbocycles. The Morgan fingerprint density at radius 1 is 1.00 bits per heavy atom. The average molecular weight is 373 g/mol. The minimum atomic E-state index is -0.271. The van der Waals surface area contributed by atoms with Gasteiger partial charge in [0, 0.05) is 22.3 Å². The van der Waals surface area contributed by atoms with E-state index in [4.69, 9.17) is 27.9 Å². The molecule has 1 N–H and O–H groups in total. The van der Waals surface area contributed by atoms with E-state index in [1.165, 1.54) is 0 Å². The standard InChI is InChI=1S/C19H14Cl2N2O2/c20-16-5-2-1-4-14(16)12-25-15-9-7-13(8-10-15)19(24)23-17-6-3-11-22-18(17)21/h1-11H,12H2,(H,23,24). The number of rotatable bonds is 5. The summed E-state index contributed by atoms with van der Waals surface area (Å²) in [5.74, 6) is 0.378. The Labute approximate surface area is 155 Å². The number of benzene rings is 2. The lowest BCUT2D eigenvalue weighted by atomic mass is 10.2. The molecule has 0 aliphatic rings. The first-order valence-corrected chi connectivity index (χ1v) is 8.27. The van der Waals surface area contributed by atoms with Crippen LogP contribution in [0.2, 0.25) is 10.2 Å². The molecule has 0 bridgehead atoms. The van der Waals surface area contributed by atoms with Gasteiger partial charge < -0.3 is 10.1 Å². The molecule has 0 fully saturated rings. The summed E-state index contributed by atoms with van der Waals surface area (Å²) in [6.45, 7) is 0.358. The fourth-order valence-electron chi connectivity index (χ4n) is 2.15. The minimum Gasteiger partial charge on any atom is -0.489 e. The van der Waals surface area contributed by atoms with Crippen molar-refractivity contribution in [3.05, 3.63) is 88.2 Å². The first kappa shape index (κ1) is 17.3. The van der Waals surface area contributed by atoms with Gasteiger partial charge in [-0.3, -0.25) is 4.79 Å². The molecule has 0 spiro atoms. The summed E-state index contributed by atoms with van der Waals surface area (Å²) in [6.07, 6.45) is 1.56. The van der Waals surface area contributed by atoms with E-state index >= 15 is 0 Å². The van der Waals surface area contributed by atoms with Crippen LogP contribution < -0.4 is 10.1 Å². The lowest BCUT2D eigenvalue weighted by Gasteiger charge is -2.09. The molecule has 4 nitrogen and oxygen atoms in total. The highest BCUT2D eigenvalue weighted by atomic mass is 35.5. The van der Waals surface area contributed by atoms with E-state index in [1.54, 1.807) is 42.6 Å². The van der Waals surface area contributed by atoms with Crippen molar-refractivity contribution >= 4 is 34.8 Å². The number of halogens is 2. The van der Waals surface area contributed by atoms with Crippen LogP contribution in [0.1, 0.15) is 15.9 Å². The number of anilines is 1. The monoisotopic (exact) mass is 372 g/mol. The van der Waals surface area contributed by atoms with Gasteiger partial charge in [-0.2, -0.15) is 0 Å². The van der Waals surface area contributed by atoms with Gasteiger partial charge in [0.1, 0.15) is 12.4 Å². The van der Waals surface area contributed by atoms with Crippen molar-refractivity contribution in [2.45, 2.75) is 6.61 Å². The first-order chi connectivity index (χ1) is 12.1. The SMILES string of the molecule is O=C(Nc1cccnc1Cl)c1ccc(OCc2ccccc2Cl)cc1. The average Bonchev–Trinajstić information content (AvgIpc) is 2.63. The molecule has 25 heavy (non-hydrogen) atoms. The second-order valence-corrected chi connectivity index (χ2v) is 5.97. The molecule has 2 aromatic carbocycles. The second-order valence-electron chi connectivity index (χ2n) is 5.20. The molecule has 3 rings (SSSR count). The first-order valence-electron chi connectivity index (χ1n) is 7.51. The Balaban J connectivity index is 1.63. The Bertz CT molecular complexity index is 883. The van der Waals surface area contributed by atoms with E-state index in [0.29, 0.717) is 28.6 Å². The highest BCUT2D eigenvalue weighted by Crippen LogP contribution is 2.21. The fraction of sp³-hybridized carbons (Fsp3) is 0.0526. The molecule has 126 valence electrons. The number of ether oxygens (including phenoxy) is 1. The number of nitrogens with one attached hydrogen (secondary N) is 1. The largest absolute Gasteiger partial charge is 0.489 e. The number of aromatic nitrogens is 1. The van der Waals surface area contributed by atoms with Crippen LogP contribution in [0, 0.1) is 0 Å². The van der Waals surface area contributed by atoms with Gasteiger partial charge in [-0.25, -0.2) is 4.98 Å². The van der Waals surface area contributed by atoms with Gasteiger partial charge in [-0.05, 0) is 42.5 Å². The molecule has 3 aromatic rings. The predicted molar refractivity (Wildman–Crippen MR) is 99.4 cm³/mol. The molecule has 0 saturated heterocycles. The molecule has 6 heteroatoms. The molecule has 1 aromatic heterocycles. The van der Waals surface area contributed by atoms with Crippen molar-refractivity contribution in [2.75, 3.05) is 5.32 Å². The molecule has 1 amide bonds. The fourth-order valence-corrected chi connectivity index (χ4v) is 2.51. The van der Waals surface area contributed by atoms with Gasteiger partial charge in [0.05, 0.1) is 5.69 Å². The van der Waals surface area contributed by atoms with Crippen molar-refractivity contribution in [1.82, 2.24) is 4.98 Å². The van der Waals surface area contributed by atoms with E-state index in [1.807, 2.05) is 24.3 Å². The Morgan fingerprint density at radius 3 is 2.48 bits per heavy atom. The van der Waals surface area contributed by atoms with Crippen LogP contribution in [-0.2, 0) is 6.61 Å². The number of nitrogens with zero attached hydrogens (tertiary/aromatic N) is 1. The number of hydrogen-bond donors (Lipinski definition) is 1. The van der Waals surface area contributed by atoms with E-state index < -0.39 is 0 Å². The van der Waals surface area contributed by atoms with Crippen molar-refractivity contribution in [1.29, 1.82) is 0 Å². The summed E-state index contributed by atoms with van der Waals surface area (Å²) in [5, 5.41) is 3.62. The topological polar surface area (TPSA) is 51.2 Å². The number of carbonyl (C=O) groups excluding carboxylic acids is 1. The number of carbonyl (C=O) groups is 1. The Hall–Kier alpha value is -2.56. The van der Waals surface area contributed by atoms with Gasteiger partial charge in [-0.1, -0.05) is 41.4 Å². The highest BCUT2D eigenvalue weighted by Gasteiger charge is 2.09. The summed E-state index contributed by atoms with van der Waals surface area (Å²) in [7, 11) is 0. The quantitative estimate of drug-likeness (QED) is 0.624. The summed E-state index contributed by atoms with van der Waals surface area (Å²) in [5.41, 5.74) is 1.86. The maximum Gasteiger partial charge on any atom is 0.255 e. The molecule has 0 atom stereocenters. The molecule has 0 unspecified atom stereocenters. The molecule has 0 saturated carbocycles. The normalized spacial score (nSPS) is 10.3. The zero-order chi connectivity index (χ0) is 17.6. The molecule has 0 radical (unpaired) electrons. The summed E-state index contributed by atoms with van der Waals surface area (Å²) < 4.78 is 5.70. The van der Waals surface area contributed by atoms with Crippen LogP contribution in [-0.4, -0.2) is 10.9 Å². The molecule has 1 heterocycles. The highest BCUT2D eigenvalue weighted by molar-refractivity contribution is 6.32. The molecular weight excluding hydrogens is 359 g/mol. The minimum absolute atomic E-state index is 0.246. The van der Waals surface area contributed by atoms with E-state index in [9.17, 15) is 4.79 Å². The van der Waals surface area contributed by atoms with Gasteiger partial charge >= 0.3 is 0 Å². The zero-order valence-electron chi connectivity index (χ0n) is 13.1. The second kappa shape index (κ2) is 8.01. The summed E-state index contributed by atoms with van der Waals surface area (Å²) in [4.78, 5) is 16.2. The number of hydrogen-bond acceptors (Lipinski definition) is 3. The zero-order valence-corrected chi connectivity index (χ0v) is 14.6. The third-order valence-corrected chi connectivity index (χ3v) is 4.15. The van der Waals surface area contributed by atoms with Crippen molar-refractivity contribution in [3.8, 4) is 5.75 Å². The summed E-state index contributed by atoms with van der Waals surface area (Å²) >= 11 is 12.0. The van der Waals surface area contributed by atoms with Gasteiger partial charge in [0.2, 0.25) is 0 Å². The van der Waals surface area contributed by atoms with Crippen molar-refractivity contribution in [2.24, 2.45) is 0 Å². The summed E-state index contributed by atoms with van der Waals surface area (Å²) in [6, 6.07) is 17.7. The van der Waals surface area contributed by atoms with Crippen LogP contribution in [0.3, 0.4) is 0 Å². The number of pyridine rings is 1. The predicted octanol–water partition coefficient (Wildman–Crippen LogP) is 5.22.